The van der Waals surface area contributed by atoms with Gasteiger partial charge in [0, 0.05) is 6.42 Å². The molecule has 0 aromatic rings. The molecule has 1 unspecified atom stereocenters. The fourth-order valence-electron chi connectivity index (χ4n) is 2.50. The molecule has 2 atom stereocenters. The van der Waals surface area contributed by atoms with Gasteiger partial charge in [0.05, 0.1) is 0 Å². The van der Waals surface area contributed by atoms with Gasteiger partial charge in [0.2, 0.25) is 0 Å². The zero-order valence-electron chi connectivity index (χ0n) is 10.3. The van der Waals surface area contributed by atoms with Crippen molar-refractivity contribution < 1.29 is 9.90 Å². The van der Waals surface area contributed by atoms with Gasteiger partial charge in [-0.3, -0.25) is 4.79 Å². The molecule has 0 heterocycles. The number of aliphatic carboxylic acids is 1. The molecule has 0 spiro atoms. The molecule has 1 rings (SSSR count). The van der Waals surface area contributed by atoms with Crippen LogP contribution < -0.4 is 5.73 Å². The molecule has 0 aromatic heterocycles. The zero-order chi connectivity index (χ0) is 12.0. The topological polar surface area (TPSA) is 63.3 Å². The molecule has 1 saturated carbocycles. The summed E-state index contributed by atoms with van der Waals surface area (Å²) < 4.78 is 0. The van der Waals surface area contributed by atoms with Crippen molar-refractivity contribution in [2.45, 2.75) is 51.9 Å². The number of carbonyl (C=O) groups is 1. The fraction of sp³-hybridized carbons (Fsp3) is 0.923. The SMILES string of the molecule is CC(CCC1CCC1)C[C@H](CN)CC(=O)O. The quantitative estimate of drug-likeness (QED) is 0.670. The van der Waals surface area contributed by atoms with Crippen molar-refractivity contribution in [3.05, 3.63) is 0 Å². The Hall–Kier alpha value is -0.570. The van der Waals surface area contributed by atoms with Crippen molar-refractivity contribution in [3.63, 3.8) is 0 Å². The summed E-state index contributed by atoms with van der Waals surface area (Å²) >= 11 is 0. The van der Waals surface area contributed by atoms with E-state index in [0.29, 0.717) is 12.5 Å². The number of carboxylic acids is 1. The van der Waals surface area contributed by atoms with E-state index in [1.807, 2.05) is 0 Å². The lowest BCUT2D eigenvalue weighted by Crippen LogP contribution is -2.21. The molecule has 1 aliphatic carbocycles. The minimum Gasteiger partial charge on any atom is -0.481 e. The van der Waals surface area contributed by atoms with Crippen molar-refractivity contribution in [1.29, 1.82) is 0 Å². The second-order valence-corrected chi connectivity index (χ2v) is 5.41. The Kier molecular flexibility index (Phi) is 5.81. The highest BCUT2D eigenvalue weighted by Crippen LogP contribution is 2.32. The molecule has 3 nitrogen and oxygen atoms in total. The van der Waals surface area contributed by atoms with E-state index < -0.39 is 5.97 Å². The van der Waals surface area contributed by atoms with E-state index in [4.69, 9.17) is 10.8 Å². The fourth-order valence-corrected chi connectivity index (χ4v) is 2.50. The standard InChI is InChI=1S/C13H25NO2/c1-10(5-6-11-3-2-4-11)7-12(9-14)8-13(15)16/h10-12H,2-9,14H2,1H3,(H,15,16)/t10?,12-/m0/s1. The first kappa shape index (κ1) is 13.5. The second kappa shape index (κ2) is 6.89. The van der Waals surface area contributed by atoms with E-state index in [9.17, 15) is 4.79 Å². The Bertz CT molecular complexity index is 214. The molecule has 1 fully saturated rings. The first-order chi connectivity index (χ1) is 7.61. The van der Waals surface area contributed by atoms with E-state index in [2.05, 4.69) is 6.92 Å². The largest absolute Gasteiger partial charge is 0.481 e. The monoisotopic (exact) mass is 227 g/mol. The average Bonchev–Trinajstić information content (AvgIpc) is 2.13. The summed E-state index contributed by atoms with van der Waals surface area (Å²) in [5, 5.41) is 8.74. The molecule has 0 saturated heterocycles. The number of hydrogen-bond donors (Lipinski definition) is 2. The third-order valence-electron chi connectivity index (χ3n) is 3.82. The summed E-state index contributed by atoms with van der Waals surface area (Å²) in [5.74, 6) is 1.02. The van der Waals surface area contributed by atoms with Gasteiger partial charge in [-0.05, 0) is 30.7 Å². The summed E-state index contributed by atoms with van der Waals surface area (Å²) in [6.07, 6.45) is 7.97. The maximum atomic E-state index is 10.6. The van der Waals surface area contributed by atoms with Gasteiger partial charge in [-0.15, -0.1) is 0 Å². The smallest absolute Gasteiger partial charge is 0.303 e. The molecule has 0 radical (unpaired) electrons. The number of rotatable bonds is 8. The van der Waals surface area contributed by atoms with Crippen LogP contribution in [0.4, 0.5) is 0 Å². The van der Waals surface area contributed by atoms with E-state index in [-0.39, 0.29) is 12.3 Å². The molecule has 1 aliphatic rings. The Balaban J connectivity index is 2.13. The van der Waals surface area contributed by atoms with Crippen LogP contribution in [0, 0.1) is 17.8 Å². The first-order valence-electron chi connectivity index (χ1n) is 6.53. The van der Waals surface area contributed by atoms with Crippen molar-refractivity contribution in [2.75, 3.05) is 6.54 Å². The lowest BCUT2D eigenvalue weighted by Gasteiger charge is -2.27. The van der Waals surface area contributed by atoms with Crippen molar-refractivity contribution in [2.24, 2.45) is 23.5 Å². The normalized spacial score (nSPS) is 20.1. The van der Waals surface area contributed by atoms with Gasteiger partial charge in [0.1, 0.15) is 0 Å². The van der Waals surface area contributed by atoms with E-state index in [1.54, 1.807) is 0 Å². The van der Waals surface area contributed by atoms with Gasteiger partial charge in [-0.2, -0.15) is 0 Å². The van der Waals surface area contributed by atoms with Crippen molar-refractivity contribution in [3.8, 4) is 0 Å². The van der Waals surface area contributed by atoms with Gasteiger partial charge in [0.25, 0.3) is 0 Å². The molecule has 16 heavy (non-hydrogen) atoms. The molecule has 0 aliphatic heterocycles. The summed E-state index contributed by atoms with van der Waals surface area (Å²) in [5.41, 5.74) is 5.60. The Morgan fingerprint density at radius 2 is 2.19 bits per heavy atom. The van der Waals surface area contributed by atoms with Gasteiger partial charge >= 0.3 is 5.97 Å². The highest BCUT2D eigenvalue weighted by Gasteiger charge is 2.20. The maximum Gasteiger partial charge on any atom is 0.303 e. The highest BCUT2D eigenvalue weighted by molar-refractivity contribution is 5.67. The van der Waals surface area contributed by atoms with Crippen LogP contribution >= 0.6 is 0 Å². The lowest BCUT2D eigenvalue weighted by molar-refractivity contribution is -0.138. The van der Waals surface area contributed by atoms with Crippen LogP contribution in [0.2, 0.25) is 0 Å². The Morgan fingerprint density at radius 3 is 2.62 bits per heavy atom. The summed E-state index contributed by atoms with van der Waals surface area (Å²) in [4.78, 5) is 10.6. The molecule has 94 valence electrons. The molecule has 0 bridgehead atoms. The van der Waals surface area contributed by atoms with Crippen LogP contribution in [0.15, 0.2) is 0 Å². The molecule has 0 aromatic carbocycles. The minimum absolute atomic E-state index is 0.161. The van der Waals surface area contributed by atoms with Crippen LogP contribution in [0.3, 0.4) is 0 Å². The highest BCUT2D eigenvalue weighted by atomic mass is 16.4. The third-order valence-corrected chi connectivity index (χ3v) is 3.82. The Morgan fingerprint density at radius 1 is 1.50 bits per heavy atom. The minimum atomic E-state index is -0.721. The lowest BCUT2D eigenvalue weighted by atomic mass is 9.79. The van der Waals surface area contributed by atoms with E-state index in [1.165, 1.54) is 32.1 Å². The second-order valence-electron chi connectivity index (χ2n) is 5.41. The third kappa shape index (κ3) is 4.97. The molecular weight excluding hydrogens is 202 g/mol. The van der Waals surface area contributed by atoms with Gasteiger partial charge in [-0.25, -0.2) is 0 Å². The summed E-state index contributed by atoms with van der Waals surface area (Å²) in [6.45, 7) is 2.73. The number of hydrogen-bond acceptors (Lipinski definition) is 2. The van der Waals surface area contributed by atoms with Crippen LogP contribution in [-0.4, -0.2) is 17.6 Å². The van der Waals surface area contributed by atoms with Crippen LogP contribution in [0.25, 0.3) is 0 Å². The Labute approximate surface area is 98.4 Å². The summed E-state index contributed by atoms with van der Waals surface area (Å²) in [6, 6.07) is 0. The van der Waals surface area contributed by atoms with Crippen LogP contribution in [-0.2, 0) is 4.79 Å². The van der Waals surface area contributed by atoms with E-state index >= 15 is 0 Å². The molecule has 3 N–H and O–H groups in total. The molecular formula is C13H25NO2. The van der Waals surface area contributed by atoms with E-state index in [0.717, 1.165) is 12.3 Å². The zero-order valence-corrected chi connectivity index (χ0v) is 10.3. The maximum absolute atomic E-state index is 10.6. The predicted molar refractivity (Wildman–Crippen MR) is 65.2 cm³/mol. The van der Waals surface area contributed by atoms with Gasteiger partial charge < -0.3 is 10.8 Å². The summed E-state index contributed by atoms with van der Waals surface area (Å²) in [7, 11) is 0. The van der Waals surface area contributed by atoms with Crippen LogP contribution in [0.5, 0.6) is 0 Å². The first-order valence-corrected chi connectivity index (χ1v) is 6.53. The van der Waals surface area contributed by atoms with Crippen LogP contribution in [0.1, 0.15) is 51.9 Å². The van der Waals surface area contributed by atoms with Gasteiger partial charge in [-0.1, -0.05) is 39.0 Å². The number of nitrogens with two attached hydrogens (primary N) is 1. The molecule has 0 amide bonds. The average molecular weight is 227 g/mol. The van der Waals surface area contributed by atoms with Gasteiger partial charge in [0.15, 0.2) is 0 Å². The van der Waals surface area contributed by atoms with Crippen molar-refractivity contribution >= 4 is 5.97 Å². The number of carboxylic acid groups (broad SMARTS) is 1. The molecule has 3 heteroatoms. The van der Waals surface area contributed by atoms with Crippen molar-refractivity contribution in [1.82, 2.24) is 0 Å². The predicted octanol–water partition coefficient (Wildman–Crippen LogP) is 2.64.